The second-order valence-electron chi connectivity index (χ2n) is 7.93. The highest BCUT2D eigenvalue weighted by atomic mass is 35.5. The van der Waals surface area contributed by atoms with Crippen LogP contribution in [-0.2, 0) is 4.79 Å². The molecule has 0 unspecified atom stereocenters. The average molecular weight is 415 g/mol. The Balaban J connectivity index is 1.39. The van der Waals surface area contributed by atoms with Gasteiger partial charge in [0.15, 0.2) is 0 Å². The van der Waals surface area contributed by atoms with Crippen molar-refractivity contribution in [2.24, 2.45) is 5.92 Å². The van der Waals surface area contributed by atoms with Gasteiger partial charge >= 0.3 is 0 Å². The number of hydrogen-bond donors (Lipinski definition) is 0. The molecule has 1 saturated carbocycles. The lowest BCUT2D eigenvalue weighted by Gasteiger charge is -2.42. The SMILES string of the molecule is C[C@H]1CN(c2cc(Oc3ccc(Cl)cc3)ncn2)CCN1C(=O)C1CCCCC1. The van der Waals surface area contributed by atoms with E-state index in [9.17, 15) is 4.79 Å². The van der Waals surface area contributed by atoms with Gasteiger partial charge in [0.25, 0.3) is 0 Å². The molecule has 0 spiro atoms. The quantitative estimate of drug-likeness (QED) is 0.735. The van der Waals surface area contributed by atoms with E-state index in [0.717, 1.165) is 38.3 Å². The monoisotopic (exact) mass is 414 g/mol. The summed E-state index contributed by atoms with van der Waals surface area (Å²) in [6.07, 6.45) is 7.24. The predicted molar refractivity (Wildman–Crippen MR) is 114 cm³/mol. The van der Waals surface area contributed by atoms with Crippen molar-refractivity contribution in [3.05, 3.63) is 41.7 Å². The van der Waals surface area contributed by atoms with Crippen LogP contribution in [0.15, 0.2) is 36.7 Å². The Morgan fingerprint density at radius 3 is 2.59 bits per heavy atom. The van der Waals surface area contributed by atoms with Crippen LogP contribution in [0.1, 0.15) is 39.0 Å². The zero-order valence-corrected chi connectivity index (χ0v) is 17.5. The largest absolute Gasteiger partial charge is 0.439 e. The van der Waals surface area contributed by atoms with E-state index in [1.54, 1.807) is 12.1 Å². The maximum atomic E-state index is 12.9. The first-order chi connectivity index (χ1) is 14.1. The zero-order valence-electron chi connectivity index (χ0n) is 16.8. The number of benzene rings is 1. The van der Waals surface area contributed by atoms with Crippen LogP contribution in [-0.4, -0.2) is 46.5 Å². The van der Waals surface area contributed by atoms with Gasteiger partial charge in [0.2, 0.25) is 11.8 Å². The molecule has 1 aliphatic carbocycles. The Morgan fingerprint density at radius 1 is 1.10 bits per heavy atom. The van der Waals surface area contributed by atoms with Crippen LogP contribution in [0.5, 0.6) is 11.6 Å². The van der Waals surface area contributed by atoms with E-state index in [-0.39, 0.29) is 12.0 Å². The minimum absolute atomic E-state index is 0.161. The number of nitrogens with zero attached hydrogens (tertiary/aromatic N) is 4. The molecular weight excluding hydrogens is 388 g/mol. The lowest BCUT2D eigenvalue weighted by Crippen LogP contribution is -2.55. The summed E-state index contributed by atoms with van der Waals surface area (Å²) >= 11 is 5.92. The third-order valence-corrected chi connectivity index (χ3v) is 6.10. The van der Waals surface area contributed by atoms with E-state index < -0.39 is 0 Å². The van der Waals surface area contributed by atoms with E-state index >= 15 is 0 Å². The molecule has 154 valence electrons. The van der Waals surface area contributed by atoms with Gasteiger partial charge in [-0.2, -0.15) is 0 Å². The minimum Gasteiger partial charge on any atom is -0.439 e. The van der Waals surface area contributed by atoms with Gasteiger partial charge in [0, 0.05) is 42.7 Å². The van der Waals surface area contributed by atoms with Crippen molar-refractivity contribution in [2.75, 3.05) is 24.5 Å². The van der Waals surface area contributed by atoms with E-state index in [0.29, 0.717) is 22.6 Å². The maximum Gasteiger partial charge on any atom is 0.226 e. The molecule has 1 aromatic carbocycles. The normalized spacial score (nSPS) is 20.6. The lowest BCUT2D eigenvalue weighted by atomic mass is 9.88. The molecule has 2 heterocycles. The number of rotatable bonds is 4. The van der Waals surface area contributed by atoms with Crippen LogP contribution in [0, 0.1) is 5.92 Å². The van der Waals surface area contributed by atoms with E-state index in [1.165, 1.54) is 25.6 Å². The molecule has 1 aliphatic heterocycles. The van der Waals surface area contributed by atoms with Crippen molar-refractivity contribution in [2.45, 2.75) is 45.1 Å². The Kier molecular flexibility index (Phi) is 6.19. The number of aromatic nitrogens is 2. The Bertz CT molecular complexity index is 839. The van der Waals surface area contributed by atoms with E-state index in [4.69, 9.17) is 16.3 Å². The molecule has 2 aliphatic rings. The highest BCUT2D eigenvalue weighted by molar-refractivity contribution is 6.30. The summed E-state index contributed by atoms with van der Waals surface area (Å²) in [4.78, 5) is 25.8. The topological polar surface area (TPSA) is 58.6 Å². The highest BCUT2D eigenvalue weighted by Crippen LogP contribution is 2.28. The van der Waals surface area contributed by atoms with Crippen LogP contribution in [0.4, 0.5) is 5.82 Å². The molecule has 6 nitrogen and oxygen atoms in total. The van der Waals surface area contributed by atoms with Gasteiger partial charge in [-0.15, -0.1) is 0 Å². The summed E-state index contributed by atoms with van der Waals surface area (Å²) < 4.78 is 5.83. The maximum absolute atomic E-state index is 12.9. The predicted octanol–water partition coefficient (Wildman–Crippen LogP) is 4.54. The fourth-order valence-electron chi connectivity index (χ4n) is 4.26. The van der Waals surface area contributed by atoms with Gasteiger partial charge in [-0.3, -0.25) is 4.79 Å². The Morgan fingerprint density at radius 2 is 1.86 bits per heavy atom. The first kappa shape index (κ1) is 20.0. The summed E-state index contributed by atoms with van der Waals surface area (Å²) in [7, 11) is 0. The van der Waals surface area contributed by atoms with Crippen LogP contribution >= 0.6 is 11.6 Å². The van der Waals surface area contributed by atoms with Gasteiger partial charge in [-0.1, -0.05) is 30.9 Å². The number of carbonyl (C=O) groups is 1. The summed E-state index contributed by atoms with van der Waals surface area (Å²) in [6, 6.07) is 9.18. The third kappa shape index (κ3) is 4.81. The molecule has 2 fully saturated rings. The highest BCUT2D eigenvalue weighted by Gasteiger charge is 2.32. The van der Waals surface area contributed by atoms with Crippen LogP contribution in [0.25, 0.3) is 0 Å². The minimum atomic E-state index is 0.161. The molecule has 4 rings (SSSR count). The van der Waals surface area contributed by atoms with Gasteiger partial charge in [0.05, 0.1) is 0 Å². The van der Waals surface area contributed by atoms with Crippen molar-refractivity contribution in [3.8, 4) is 11.6 Å². The summed E-state index contributed by atoms with van der Waals surface area (Å²) in [5.41, 5.74) is 0. The average Bonchev–Trinajstić information content (AvgIpc) is 2.76. The smallest absolute Gasteiger partial charge is 0.226 e. The molecule has 7 heteroatoms. The van der Waals surface area contributed by atoms with E-state index in [1.807, 2.05) is 18.2 Å². The van der Waals surface area contributed by atoms with Crippen molar-refractivity contribution < 1.29 is 9.53 Å². The van der Waals surface area contributed by atoms with E-state index in [2.05, 4.69) is 26.7 Å². The van der Waals surface area contributed by atoms with Gasteiger partial charge < -0.3 is 14.5 Å². The number of piperazine rings is 1. The fourth-order valence-corrected chi connectivity index (χ4v) is 4.39. The number of hydrogen-bond acceptors (Lipinski definition) is 5. The molecule has 2 aromatic rings. The molecule has 1 atom stereocenters. The van der Waals surface area contributed by atoms with Crippen LogP contribution < -0.4 is 9.64 Å². The number of ether oxygens (including phenoxy) is 1. The molecular formula is C22H27ClN4O2. The number of halogens is 1. The second kappa shape index (κ2) is 8.99. The molecule has 1 amide bonds. The Hall–Kier alpha value is -2.34. The second-order valence-corrected chi connectivity index (χ2v) is 8.37. The fraction of sp³-hybridized carbons (Fsp3) is 0.500. The molecule has 29 heavy (non-hydrogen) atoms. The summed E-state index contributed by atoms with van der Waals surface area (Å²) in [5.74, 6) is 2.55. The van der Waals surface area contributed by atoms with Crippen LogP contribution in [0.3, 0.4) is 0 Å². The van der Waals surface area contributed by atoms with Crippen molar-refractivity contribution in [3.63, 3.8) is 0 Å². The molecule has 0 bridgehead atoms. The molecule has 1 saturated heterocycles. The van der Waals surface area contributed by atoms with Crippen molar-refractivity contribution in [1.82, 2.24) is 14.9 Å². The van der Waals surface area contributed by atoms with Crippen molar-refractivity contribution in [1.29, 1.82) is 0 Å². The Labute approximate surface area is 176 Å². The van der Waals surface area contributed by atoms with Crippen LogP contribution in [0.2, 0.25) is 5.02 Å². The third-order valence-electron chi connectivity index (χ3n) is 5.85. The molecule has 0 N–H and O–H groups in total. The number of carbonyl (C=O) groups excluding carboxylic acids is 1. The zero-order chi connectivity index (χ0) is 20.2. The number of anilines is 1. The first-order valence-electron chi connectivity index (χ1n) is 10.4. The standard InChI is InChI=1S/C22H27ClN4O2/c1-16-14-26(11-12-27(16)22(28)17-5-3-2-4-6-17)20-13-21(25-15-24-20)29-19-9-7-18(23)8-10-19/h7-10,13,15-17H,2-6,11-12,14H2,1H3/t16-/m0/s1. The molecule has 1 aromatic heterocycles. The number of amides is 1. The van der Waals surface area contributed by atoms with Gasteiger partial charge in [-0.25, -0.2) is 9.97 Å². The lowest BCUT2D eigenvalue weighted by molar-refractivity contribution is -0.139. The van der Waals surface area contributed by atoms with Crippen molar-refractivity contribution >= 4 is 23.3 Å². The summed E-state index contributed by atoms with van der Waals surface area (Å²) in [5, 5.41) is 0.662. The molecule has 0 radical (unpaired) electrons. The summed E-state index contributed by atoms with van der Waals surface area (Å²) in [6.45, 7) is 4.38. The van der Waals surface area contributed by atoms with Gasteiger partial charge in [-0.05, 0) is 44.0 Å². The van der Waals surface area contributed by atoms with Gasteiger partial charge in [0.1, 0.15) is 17.9 Å². The first-order valence-corrected chi connectivity index (χ1v) is 10.8.